The molecule has 0 saturated carbocycles. The summed E-state index contributed by atoms with van der Waals surface area (Å²) in [6.45, 7) is 4.48. The van der Waals surface area contributed by atoms with Crippen molar-refractivity contribution in [1.29, 1.82) is 0 Å². The average molecular weight is 311 g/mol. The lowest BCUT2D eigenvalue weighted by Crippen LogP contribution is -2.34. The largest absolute Gasteiger partial charge is 0.377 e. The maximum absolute atomic E-state index is 12.4. The van der Waals surface area contributed by atoms with Gasteiger partial charge in [0.05, 0.1) is 17.1 Å². The molecule has 1 heterocycles. The third kappa shape index (κ3) is 4.05. The molecule has 1 aliphatic heterocycles. The highest BCUT2D eigenvalue weighted by molar-refractivity contribution is 7.92. The molecule has 5 heteroatoms. The Bertz CT molecular complexity index is 553. The van der Waals surface area contributed by atoms with E-state index in [0.717, 1.165) is 18.4 Å². The summed E-state index contributed by atoms with van der Waals surface area (Å²) in [7, 11) is -3.23. The van der Waals surface area contributed by atoms with Gasteiger partial charge in [0.15, 0.2) is 9.84 Å². The van der Waals surface area contributed by atoms with E-state index in [0.29, 0.717) is 13.0 Å². The van der Waals surface area contributed by atoms with Crippen LogP contribution < -0.4 is 5.73 Å². The molecule has 1 aromatic rings. The molecule has 0 aromatic heterocycles. The number of ether oxygens (including phenoxy) is 1. The molecule has 1 aliphatic rings. The Morgan fingerprint density at radius 3 is 2.52 bits per heavy atom. The standard InChI is InChI=1S/C16H25NO3S/c1-3-4-13-5-7-14(8-6-13)15(17)11-21(18,19)16-9-10-20-12(16)2/h5-8,12,15-16H,3-4,9-11,17H2,1-2H3. The fraction of sp³-hybridized carbons (Fsp3) is 0.625. The third-order valence-electron chi connectivity index (χ3n) is 4.13. The quantitative estimate of drug-likeness (QED) is 0.874. The van der Waals surface area contributed by atoms with Crippen LogP contribution in [0.5, 0.6) is 0 Å². The summed E-state index contributed by atoms with van der Waals surface area (Å²) in [6.07, 6.45) is 2.48. The van der Waals surface area contributed by atoms with Gasteiger partial charge in [-0.05, 0) is 30.9 Å². The summed E-state index contributed by atoms with van der Waals surface area (Å²) >= 11 is 0. The average Bonchev–Trinajstić information content (AvgIpc) is 2.86. The van der Waals surface area contributed by atoms with Gasteiger partial charge in [-0.1, -0.05) is 37.6 Å². The zero-order valence-corrected chi connectivity index (χ0v) is 13.6. The summed E-state index contributed by atoms with van der Waals surface area (Å²) in [6, 6.07) is 7.48. The number of nitrogens with two attached hydrogens (primary N) is 1. The van der Waals surface area contributed by atoms with E-state index in [9.17, 15) is 8.42 Å². The van der Waals surface area contributed by atoms with Crippen LogP contribution in [0.25, 0.3) is 0 Å². The summed E-state index contributed by atoms with van der Waals surface area (Å²) < 4.78 is 30.2. The van der Waals surface area contributed by atoms with E-state index in [1.807, 2.05) is 31.2 Å². The summed E-state index contributed by atoms with van der Waals surface area (Å²) in [5, 5.41) is -0.414. The molecule has 3 unspecified atom stereocenters. The van der Waals surface area contributed by atoms with E-state index < -0.39 is 21.1 Å². The predicted octanol–water partition coefficient (Wildman–Crippen LogP) is 2.23. The smallest absolute Gasteiger partial charge is 0.157 e. The van der Waals surface area contributed by atoms with Crippen molar-refractivity contribution in [3.8, 4) is 0 Å². The molecule has 118 valence electrons. The van der Waals surface area contributed by atoms with Crippen molar-refractivity contribution in [2.75, 3.05) is 12.4 Å². The molecule has 1 saturated heterocycles. The number of benzene rings is 1. The van der Waals surface area contributed by atoms with Crippen molar-refractivity contribution >= 4 is 9.84 Å². The van der Waals surface area contributed by atoms with Crippen molar-refractivity contribution in [2.24, 2.45) is 5.73 Å². The molecule has 0 bridgehead atoms. The third-order valence-corrected chi connectivity index (χ3v) is 6.49. The first-order valence-electron chi connectivity index (χ1n) is 7.61. The van der Waals surface area contributed by atoms with Gasteiger partial charge >= 0.3 is 0 Å². The Morgan fingerprint density at radius 1 is 1.33 bits per heavy atom. The van der Waals surface area contributed by atoms with Gasteiger partial charge in [0.25, 0.3) is 0 Å². The Hall–Kier alpha value is -0.910. The van der Waals surface area contributed by atoms with Crippen LogP contribution in [0.1, 0.15) is 43.9 Å². The predicted molar refractivity (Wildman–Crippen MR) is 85.0 cm³/mol. The fourth-order valence-corrected chi connectivity index (χ4v) is 4.93. The van der Waals surface area contributed by atoms with Gasteiger partial charge in [-0.25, -0.2) is 8.42 Å². The van der Waals surface area contributed by atoms with E-state index in [2.05, 4.69) is 6.92 Å². The second-order valence-electron chi connectivity index (χ2n) is 5.83. The van der Waals surface area contributed by atoms with Gasteiger partial charge in [-0.15, -0.1) is 0 Å². The molecular formula is C16H25NO3S. The SMILES string of the molecule is CCCc1ccc(C(N)CS(=O)(=O)C2CCOC2C)cc1. The van der Waals surface area contributed by atoms with Crippen LogP contribution in [0.3, 0.4) is 0 Å². The highest BCUT2D eigenvalue weighted by Gasteiger charge is 2.36. The van der Waals surface area contributed by atoms with Gasteiger partial charge < -0.3 is 10.5 Å². The van der Waals surface area contributed by atoms with Crippen LogP contribution in [0.4, 0.5) is 0 Å². The molecule has 0 amide bonds. The molecule has 0 aliphatic carbocycles. The first-order valence-corrected chi connectivity index (χ1v) is 9.33. The summed E-state index contributed by atoms with van der Waals surface area (Å²) in [5.41, 5.74) is 8.24. The number of rotatable bonds is 6. The summed E-state index contributed by atoms with van der Waals surface area (Å²) in [4.78, 5) is 0. The second kappa shape index (κ2) is 6.90. The van der Waals surface area contributed by atoms with Gasteiger partial charge in [0.2, 0.25) is 0 Å². The van der Waals surface area contributed by atoms with Crippen LogP contribution in [0, 0.1) is 0 Å². The topological polar surface area (TPSA) is 69.4 Å². The van der Waals surface area contributed by atoms with Crippen LogP contribution in [-0.2, 0) is 21.0 Å². The van der Waals surface area contributed by atoms with Crippen LogP contribution in [-0.4, -0.2) is 32.1 Å². The van der Waals surface area contributed by atoms with Crippen molar-refractivity contribution < 1.29 is 13.2 Å². The number of aryl methyl sites for hydroxylation is 1. The number of sulfone groups is 1. The van der Waals surface area contributed by atoms with Gasteiger partial charge in [-0.2, -0.15) is 0 Å². The first kappa shape index (κ1) is 16.5. The van der Waals surface area contributed by atoms with E-state index in [1.165, 1.54) is 5.56 Å². The monoisotopic (exact) mass is 311 g/mol. The van der Waals surface area contributed by atoms with Gasteiger partial charge in [0, 0.05) is 12.6 Å². The maximum Gasteiger partial charge on any atom is 0.157 e. The Balaban J connectivity index is 2.04. The molecule has 1 aromatic carbocycles. The lowest BCUT2D eigenvalue weighted by molar-refractivity contribution is 0.126. The van der Waals surface area contributed by atoms with Crippen LogP contribution >= 0.6 is 0 Å². The fourth-order valence-electron chi connectivity index (χ4n) is 2.87. The lowest BCUT2D eigenvalue weighted by Gasteiger charge is -2.19. The van der Waals surface area contributed by atoms with E-state index >= 15 is 0 Å². The summed E-state index contributed by atoms with van der Waals surface area (Å²) in [5.74, 6) is -0.0154. The van der Waals surface area contributed by atoms with Crippen LogP contribution in [0.2, 0.25) is 0 Å². The van der Waals surface area contributed by atoms with Crippen molar-refractivity contribution in [2.45, 2.75) is 50.5 Å². The number of hydrogen-bond donors (Lipinski definition) is 1. The minimum absolute atomic E-state index is 0.0154. The minimum atomic E-state index is -3.23. The normalized spacial score (nSPS) is 24.1. The van der Waals surface area contributed by atoms with Crippen molar-refractivity contribution in [1.82, 2.24) is 0 Å². The van der Waals surface area contributed by atoms with E-state index in [1.54, 1.807) is 0 Å². The highest BCUT2D eigenvalue weighted by Crippen LogP contribution is 2.24. The molecule has 4 nitrogen and oxygen atoms in total. The maximum atomic E-state index is 12.4. The van der Waals surface area contributed by atoms with Gasteiger partial charge in [-0.3, -0.25) is 0 Å². The van der Waals surface area contributed by atoms with E-state index in [-0.39, 0.29) is 11.9 Å². The Kier molecular flexibility index (Phi) is 5.41. The molecule has 1 fully saturated rings. The highest BCUT2D eigenvalue weighted by atomic mass is 32.2. The molecule has 0 spiro atoms. The number of hydrogen-bond acceptors (Lipinski definition) is 4. The molecule has 21 heavy (non-hydrogen) atoms. The molecule has 2 N–H and O–H groups in total. The zero-order valence-electron chi connectivity index (χ0n) is 12.8. The first-order chi connectivity index (χ1) is 9.94. The molecular weight excluding hydrogens is 286 g/mol. The van der Waals surface area contributed by atoms with Crippen molar-refractivity contribution in [3.05, 3.63) is 35.4 Å². The Labute approximate surface area is 127 Å². The second-order valence-corrected chi connectivity index (χ2v) is 8.10. The lowest BCUT2D eigenvalue weighted by atomic mass is 10.0. The van der Waals surface area contributed by atoms with E-state index in [4.69, 9.17) is 10.5 Å². The molecule has 2 rings (SSSR count). The van der Waals surface area contributed by atoms with Crippen LogP contribution in [0.15, 0.2) is 24.3 Å². The minimum Gasteiger partial charge on any atom is -0.377 e. The Morgan fingerprint density at radius 2 is 2.00 bits per heavy atom. The van der Waals surface area contributed by atoms with Crippen molar-refractivity contribution in [3.63, 3.8) is 0 Å². The molecule has 0 radical (unpaired) electrons. The van der Waals surface area contributed by atoms with Gasteiger partial charge in [0.1, 0.15) is 0 Å². The molecule has 3 atom stereocenters. The zero-order chi connectivity index (χ0) is 15.5.